The highest BCUT2D eigenvalue weighted by molar-refractivity contribution is 5.96. The second kappa shape index (κ2) is 7.50. The molecule has 3 aromatic rings. The van der Waals surface area contributed by atoms with Crippen LogP contribution in [0.5, 0.6) is 0 Å². The molecule has 1 N–H and O–H groups in total. The van der Waals surface area contributed by atoms with Crippen LogP contribution in [0.15, 0.2) is 54.7 Å². The molecule has 0 atom stereocenters. The van der Waals surface area contributed by atoms with E-state index in [9.17, 15) is 4.79 Å². The number of amides is 1. The van der Waals surface area contributed by atoms with Crippen LogP contribution in [0.1, 0.15) is 27.3 Å². The summed E-state index contributed by atoms with van der Waals surface area (Å²) in [6.45, 7) is 9.35. The second-order valence-corrected chi connectivity index (χ2v) is 7.43. The molecule has 5 heteroatoms. The molecule has 144 valence electrons. The number of hydrogen-bond acceptors (Lipinski definition) is 2. The summed E-state index contributed by atoms with van der Waals surface area (Å²) < 4.78 is 2.19. The van der Waals surface area contributed by atoms with Gasteiger partial charge in [0.1, 0.15) is 13.1 Å². The van der Waals surface area contributed by atoms with Gasteiger partial charge in [-0.1, -0.05) is 24.3 Å². The van der Waals surface area contributed by atoms with Crippen LogP contribution in [0.4, 0.5) is 5.82 Å². The standard InChI is InChI=1S/C23H26N4O/c1-17-8-4-5-9-21(17)27-18(2)16-20(19(27)3)23(28)26-14-12-25(13-15-26)22-10-6-7-11-24-22/h4-11,16H,12-15H2,1-3H3/p+1. The van der Waals surface area contributed by atoms with E-state index in [0.29, 0.717) is 0 Å². The topological polar surface area (TPSA) is 42.6 Å². The number of carbonyl (C=O) groups is 1. The molecule has 2 aromatic heterocycles. The second-order valence-electron chi connectivity index (χ2n) is 7.43. The minimum Gasteiger partial charge on any atom is -0.331 e. The van der Waals surface area contributed by atoms with Gasteiger partial charge in [0.25, 0.3) is 11.7 Å². The Morgan fingerprint density at radius 3 is 2.32 bits per heavy atom. The van der Waals surface area contributed by atoms with E-state index in [4.69, 9.17) is 0 Å². The fraction of sp³-hybridized carbons (Fsp3) is 0.304. The molecule has 28 heavy (non-hydrogen) atoms. The number of aryl methyl sites for hydroxylation is 2. The first kappa shape index (κ1) is 18.3. The number of nitrogens with one attached hydrogen (secondary N) is 1. The third kappa shape index (κ3) is 3.28. The number of aromatic nitrogens is 2. The average molecular weight is 375 g/mol. The molecule has 4 rings (SSSR count). The van der Waals surface area contributed by atoms with Crippen molar-refractivity contribution >= 4 is 11.7 Å². The van der Waals surface area contributed by atoms with Crippen LogP contribution in [-0.4, -0.2) is 41.6 Å². The van der Waals surface area contributed by atoms with E-state index in [1.54, 1.807) is 0 Å². The van der Waals surface area contributed by atoms with E-state index < -0.39 is 0 Å². The molecule has 1 saturated heterocycles. The van der Waals surface area contributed by atoms with Crippen LogP contribution in [0.3, 0.4) is 0 Å². The Balaban J connectivity index is 1.54. The lowest BCUT2D eigenvalue weighted by Crippen LogP contribution is -2.50. The van der Waals surface area contributed by atoms with E-state index in [0.717, 1.165) is 54.6 Å². The number of H-pyrrole nitrogens is 1. The summed E-state index contributed by atoms with van der Waals surface area (Å²) in [4.78, 5) is 20.8. The van der Waals surface area contributed by atoms with Gasteiger partial charge in [-0.25, -0.2) is 4.98 Å². The number of carbonyl (C=O) groups excluding carboxylic acids is 1. The minimum atomic E-state index is 0.129. The molecule has 0 aliphatic carbocycles. The Kier molecular flexibility index (Phi) is 4.90. The molecule has 1 aliphatic heterocycles. The number of pyridine rings is 1. The fourth-order valence-corrected chi connectivity index (χ4v) is 4.07. The Bertz CT molecular complexity index is 985. The summed E-state index contributed by atoms with van der Waals surface area (Å²) in [6, 6.07) is 16.4. The van der Waals surface area contributed by atoms with Crippen molar-refractivity contribution in [3.8, 4) is 5.69 Å². The van der Waals surface area contributed by atoms with Crippen molar-refractivity contribution in [2.45, 2.75) is 20.8 Å². The van der Waals surface area contributed by atoms with E-state index in [-0.39, 0.29) is 5.91 Å². The maximum Gasteiger partial charge on any atom is 0.274 e. The summed E-state index contributed by atoms with van der Waals surface area (Å²) >= 11 is 0. The first-order valence-electron chi connectivity index (χ1n) is 9.82. The lowest BCUT2D eigenvalue weighted by Gasteiger charge is -2.31. The van der Waals surface area contributed by atoms with Crippen LogP contribution < -0.4 is 9.88 Å². The number of aromatic amines is 1. The molecule has 0 bridgehead atoms. The predicted octanol–water partition coefficient (Wildman–Crippen LogP) is 3.18. The van der Waals surface area contributed by atoms with Crippen LogP contribution in [0.25, 0.3) is 5.69 Å². The van der Waals surface area contributed by atoms with Gasteiger partial charge in [-0.2, -0.15) is 0 Å². The van der Waals surface area contributed by atoms with Crippen LogP contribution >= 0.6 is 0 Å². The molecular formula is C23H27N4O+. The summed E-state index contributed by atoms with van der Waals surface area (Å²) in [6.07, 6.45) is 1.94. The number of nitrogens with zero attached hydrogens (tertiary/aromatic N) is 3. The maximum absolute atomic E-state index is 13.2. The summed E-state index contributed by atoms with van der Waals surface area (Å²) in [5.74, 6) is 1.23. The molecule has 1 aromatic carbocycles. The Morgan fingerprint density at radius 1 is 0.929 bits per heavy atom. The Hall–Kier alpha value is -3.08. The molecule has 5 nitrogen and oxygen atoms in total. The SMILES string of the molecule is Cc1ccccc1-n1c(C)cc(C(=O)N2CCN(c3cccc[nH+]3)CC2)c1C. The smallest absolute Gasteiger partial charge is 0.274 e. The summed E-state index contributed by atoms with van der Waals surface area (Å²) in [5, 5.41) is 0. The van der Waals surface area contributed by atoms with Crippen molar-refractivity contribution in [3.05, 3.63) is 77.2 Å². The van der Waals surface area contributed by atoms with Gasteiger partial charge in [0.15, 0.2) is 0 Å². The summed E-state index contributed by atoms with van der Waals surface area (Å²) in [5.41, 5.74) is 5.25. The normalized spacial score (nSPS) is 14.4. The number of piperazine rings is 1. The van der Waals surface area contributed by atoms with Crippen LogP contribution in [0, 0.1) is 20.8 Å². The van der Waals surface area contributed by atoms with E-state index in [1.807, 2.05) is 48.4 Å². The number of anilines is 1. The molecule has 0 radical (unpaired) electrons. The van der Waals surface area contributed by atoms with Crippen LogP contribution in [0.2, 0.25) is 0 Å². The highest BCUT2D eigenvalue weighted by Crippen LogP contribution is 2.24. The van der Waals surface area contributed by atoms with Crippen molar-refractivity contribution in [2.75, 3.05) is 31.1 Å². The van der Waals surface area contributed by atoms with Gasteiger partial charge in [0, 0.05) is 23.1 Å². The monoisotopic (exact) mass is 375 g/mol. The molecule has 1 fully saturated rings. The molecule has 0 spiro atoms. The first-order valence-corrected chi connectivity index (χ1v) is 9.82. The molecule has 1 amide bonds. The zero-order valence-corrected chi connectivity index (χ0v) is 16.8. The van der Waals surface area contributed by atoms with Gasteiger partial charge in [-0.05, 0) is 44.5 Å². The molecule has 0 saturated carbocycles. The predicted molar refractivity (Wildman–Crippen MR) is 111 cm³/mol. The van der Waals surface area contributed by atoms with Crippen molar-refractivity contribution in [2.24, 2.45) is 0 Å². The maximum atomic E-state index is 13.2. The van der Waals surface area contributed by atoms with Gasteiger partial charge in [-0.15, -0.1) is 0 Å². The molecular weight excluding hydrogens is 348 g/mol. The Labute approximate surface area is 166 Å². The van der Waals surface area contributed by atoms with Crippen molar-refractivity contribution in [1.29, 1.82) is 0 Å². The third-order valence-corrected chi connectivity index (χ3v) is 5.62. The third-order valence-electron chi connectivity index (χ3n) is 5.62. The largest absolute Gasteiger partial charge is 0.331 e. The van der Waals surface area contributed by atoms with Gasteiger partial charge in [-0.3, -0.25) is 9.69 Å². The zero-order valence-electron chi connectivity index (χ0n) is 16.8. The van der Waals surface area contributed by atoms with Crippen LogP contribution in [-0.2, 0) is 0 Å². The minimum absolute atomic E-state index is 0.129. The molecule has 1 aliphatic rings. The van der Waals surface area contributed by atoms with Crippen molar-refractivity contribution in [3.63, 3.8) is 0 Å². The average Bonchev–Trinajstić information content (AvgIpc) is 3.03. The van der Waals surface area contributed by atoms with E-state index in [2.05, 4.69) is 46.5 Å². The Morgan fingerprint density at radius 2 is 1.64 bits per heavy atom. The van der Waals surface area contributed by atoms with Gasteiger partial charge in [0.05, 0.1) is 24.8 Å². The van der Waals surface area contributed by atoms with Crippen molar-refractivity contribution < 1.29 is 9.78 Å². The first-order chi connectivity index (χ1) is 13.6. The van der Waals surface area contributed by atoms with Crippen molar-refractivity contribution in [1.82, 2.24) is 9.47 Å². The zero-order chi connectivity index (χ0) is 19.7. The lowest BCUT2D eigenvalue weighted by molar-refractivity contribution is -0.364. The lowest BCUT2D eigenvalue weighted by atomic mass is 10.1. The number of benzene rings is 1. The highest BCUT2D eigenvalue weighted by Gasteiger charge is 2.28. The highest BCUT2D eigenvalue weighted by atomic mass is 16.2. The van der Waals surface area contributed by atoms with Gasteiger partial charge >= 0.3 is 0 Å². The fourth-order valence-electron chi connectivity index (χ4n) is 4.07. The molecule has 3 heterocycles. The number of para-hydroxylation sites is 1. The number of rotatable bonds is 3. The molecule has 0 unspecified atom stereocenters. The summed E-state index contributed by atoms with van der Waals surface area (Å²) in [7, 11) is 0. The van der Waals surface area contributed by atoms with Gasteiger partial charge in [0.2, 0.25) is 0 Å². The van der Waals surface area contributed by atoms with Gasteiger partial charge < -0.3 is 9.47 Å². The van der Waals surface area contributed by atoms with E-state index >= 15 is 0 Å². The van der Waals surface area contributed by atoms with E-state index in [1.165, 1.54) is 5.56 Å². The number of hydrogen-bond donors (Lipinski definition) is 0. The quantitative estimate of drug-likeness (QED) is 0.706.